The summed E-state index contributed by atoms with van der Waals surface area (Å²) in [6, 6.07) is 12.7. The van der Waals surface area contributed by atoms with Gasteiger partial charge in [0, 0.05) is 21.6 Å². The quantitative estimate of drug-likeness (QED) is 0.267. The number of carbonyl (C=O) groups excluding carboxylic acids is 1. The predicted octanol–water partition coefficient (Wildman–Crippen LogP) is 1.81. The van der Waals surface area contributed by atoms with Gasteiger partial charge in [0.2, 0.25) is 10.0 Å². The molecule has 1 amide bonds. The molecular weight excluding hydrogens is 420 g/mol. The number of benzene rings is 2. The van der Waals surface area contributed by atoms with Crippen molar-refractivity contribution in [1.82, 2.24) is 15.1 Å². The maximum absolute atomic E-state index is 12.6. The molecule has 1 aromatic heterocycles. The Morgan fingerprint density at radius 1 is 1.15 bits per heavy atom. The van der Waals surface area contributed by atoms with Gasteiger partial charge >= 0.3 is 0 Å². The number of aromatic amines is 1. The van der Waals surface area contributed by atoms with E-state index >= 15 is 0 Å². The molecule has 5 N–H and O–H groups in total. The van der Waals surface area contributed by atoms with E-state index in [-0.39, 0.29) is 11.3 Å². The Bertz CT molecular complexity index is 1030. The number of amides is 1. The maximum Gasteiger partial charge on any atom is 0.252 e. The molecule has 26 heavy (non-hydrogen) atoms. The van der Waals surface area contributed by atoms with Crippen molar-refractivity contribution in [3.63, 3.8) is 0 Å². The summed E-state index contributed by atoms with van der Waals surface area (Å²) in [6.07, 6.45) is 1.91. The Kier molecular flexibility index (Phi) is 5.42. The van der Waals surface area contributed by atoms with Gasteiger partial charge < -0.3 is 4.98 Å². The summed E-state index contributed by atoms with van der Waals surface area (Å²) < 4.78 is 28.4. The van der Waals surface area contributed by atoms with E-state index in [1.807, 2.05) is 29.7 Å². The van der Waals surface area contributed by atoms with Crippen LogP contribution in [-0.2, 0) is 21.2 Å². The van der Waals surface area contributed by atoms with Crippen LogP contribution in [0.1, 0.15) is 5.56 Å². The Hall–Kier alpha value is -2.20. The minimum Gasteiger partial charge on any atom is -0.361 e. The van der Waals surface area contributed by atoms with Crippen molar-refractivity contribution in [3.8, 4) is 0 Å². The first-order valence-corrected chi connectivity index (χ1v) is 10.0. The van der Waals surface area contributed by atoms with E-state index in [2.05, 4.69) is 25.6 Å². The minimum atomic E-state index is -3.89. The third-order valence-corrected chi connectivity index (χ3v) is 6.00. The second-order valence-electron chi connectivity index (χ2n) is 5.70. The lowest BCUT2D eigenvalue weighted by Crippen LogP contribution is -2.49. The third kappa shape index (κ3) is 3.96. The Labute approximate surface area is 159 Å². The van der Waals surface area contributed by atoms with Crippen molar-refractivity contribution < 1.29 is 13.2 Å². The van der Waals surface area contributed by atoms with Gasteiger partial charge in [-0.25, -0.2) is 14.3 Å². The van der Waals surface area contributed by atoms with E-state index in [4.69, 9.17) is 5.84 Å². The number of rotatable bonds is 6. The molecule has 0 saturated heterocycles. The third-order valence-electron chi connectivity index (χ3n) is 3.98. The number of sulfonamides is 1. The molecule has 0 aliphatic rings. The van der Waals surface area contributed by atoms with E-state index < -0.39 is 22.0 Å². The van der Waals surface area contributed by atoms with Crippen molar-refractivity contribution in [3.05, 3.63) is 64.8 Å². The van der Waals surface area contributed by atoms with Crippen LogP contribution in [0.2, 0.25) is 0 Å². The molecule has 0 bridgehead atoms. The molecule has 0 fully saturated rings. The van der Waals surface area contributed by atoms with Crippen LogP contribution in [0.5, 0.6) is 0 Å². The van der Waals surface area contributed by atoms with Gasteiger partial charge in [-0.2, -0.15) is 4.72 Å². The summed E-state index contributed by atoms with van der Waals surface area (Å²) in [5, 5.41) is 0.921. The van der Waals surface area contributed by atoms with Gasteiger partial charge in [0.05, 0.1) is 4.90 Å². The molecule has 1 unspecified atom stereocenters. The van der Waals surface area contributed by atoms with Gasteiger partial charge in [-0.1, -0.05) is 34.1 Å². The summed E-state index contributed by atoms with van der Waals surface area (Å²) >= 11 is 3.26. The first-order chi connectivity index (χ1) is 12.4. The van der Waals surface area contributed by atoms with Crippen molar-refractivity contribution in [2.45, 2.75) is 17.4 Å². The van der Waals surface area contributed by atoms with Crippen LogP contribution in [0.4, 0.5) is 0 Å². The minimum absolute atomic E-state index is 0.0643. The normalized spacial score (nSPS) is 12.8. The van der Waals surface area contributed by atoms with Gasteiger partial charge in [0.15, 0.2) is 0 Å². The highest BCUT2D eigenvalue weighted by Gasteiger charge is 2.26. The van der Waals surface area contributed by atoms with E-state index in [9.17, 15) is 13.2 Å². The van der Waals surface area contributed by atoms with Crippen LogP contribution in [0, 0.1) is 0 Å². The van der Waals surface area contributed by atoms with Crippen molar-refractivity contribution >= 4 is 42.8 Å². The van der Waals surface area contributed by atoms with Crippen LogP contribution in [0.25, 0.3) is 10.9 Å². The number of hydrogen-bond donors (Lipinski definition) is 4. The zero-order valence-electron chi connectivity index (χ0n) is 13.6. The van der Waals surface area contributed by atoms with Crippen LogP contribution < -0.4 is 16.0 Å². The zero-order valence-corrected chi connectivity index (χ0v) is 16.0. The lowest BCUT2D eigenvalue weighted by atomic mass is 10.1. The molecule has 0 spiro atoms. The maximum atomic E-state index is 12.6. The first-order valence-electron chi connectivity index (χ1n) is 7.74. The fourth-order valence-electron chi connectivity index (χ4n) is 2.68. The number of aromatic nitrogens is 1. The predicted molar refractivity (Wildman–Crippen MR) is 103 cm³/mol. The summed E-state index contributed by atoms with van der Waals surface area (Å²) in [7, 11) is -3.89. The summed E-state index contributed by atoms with van der Waals surface area (Å²) in [5.74, 6) is 4.63. The van der Waals surface area contributed by atoms with Crippen molar-refractivity contribution in [2.24, 2.45) is 5.84 Å². The van der Waals surface area contributed by atoms with Gasteiger partial charge in [-0.15, -0.1) is 0 Å². The van der Waals surface area contributed by atoms with Crippen LogP contribution in [0.15, 0.2) is 64.1 Å². The number of nitrogens with one attached hydrogen (secondary N) is 3. The van der Waals surface area contributed by atoms with Gasteiger partial charge in [0.25, 0.3) is 5.91 Å². The molecule has 0 radical (unpaired) electrons. The SMILES string of the molecule is NNC(=O)C(Cc1c[nH]c2ccccc12)NS(=O)(=O)c1ccc(Br)cc1. The summed E-state index contributed by atoms with van der Waals surface area (Å²) in [5.41, 5.74) is 3.75. The number of halogens is 1. The molecule has 9 heteroatoms. The number of H-pyrrole nitrogens is 1. The molecule has 7 nitrogen and oxygen atoms in total. The van der Waals surface area contributed by atoms with E-state index in [1.165, 1.54) is 12.1 Å². The zero-order chi connectivity index (χ0) is 18.7. The number of nitrogens with two attached hydrogens (primary N) is 1. The average Bonchev–Trinajstić information content (AvgIpc) is 3.04. The molecule has 3 aromatic rings. The second-order valence-corrected chi connectivity index (χ2v) is 8.33. The Morgan fingerprint density at radius 2 is 1.85 bits per heavy atom. The smallest absolute Gasteiger partial charge is 0.252 e. The van der Waals surface area contributed by atoms with Gasteiger partial charge in [0.1, 0.15) is 6.04 Å². The lowest BCUT2D eigenvalue weighted by Gasteiger charge is -2.17. The van der Waals surface area contributed by atoms with Crippen LogP contribution in [0.3, 0.4) is 0 Å². The number of fused-ring (bicyclic) bond motifs is 1. The molecule has 1 heterocycles. The first kappa shape index (κ1) is 18.6. The Balaban J connectivity index is 1.89. The highest BCUT2D eigenvalue weighted by molar-refractivity contribution is 9.10. The largest absolute Gasteiger partial charge is 0.361 e. The van der Waals surface area contributed by atoms with E-state index in [0.717, 1.165) is 20.9 Å². The highest BCUT2D eigenvalue weighted by Crippen LogP contribution is 2.20. The van der Waals surface area contributed by atoms with Crippen molar-refractivity contribution in [2.75, 3.05) is 0 Å². The standard InChI is InChI=1S/C17H17BrN4O3S/c18-12-5-7-13(8-6-12)26(24,25)22-16(17(23)21-19)9-11-10-20-15-4-2-1-3-14(11)15/h1-8,10,16,20,22H,9,19H2,(H,21,23). The van der Waals surface area contributed by atoms with Gasteiger partial charge in [-0.05, 0) is 42.3 Å². The number of hydrazine groups is 1. The van der Waals surface area contributed by atoms with E-state index in [1.54, 1.807) is 18.3 Å². The van der Waals surface area contributed by atoms with Crippen LogP contribution in [-0.4, -0.2) is 25.4 Å². The molecular formula is C17H17BrN4O3S. The number of carbonyl (C=O) groups is 1. The molecule has 136 valence electrons. The van der Waals surface area contributed by atoms with Gasteiger partial charge in [-0.3, -0.25) is 10.2 Å². The fraction of sp³-hybridized carbons (Fsp3) is 0.118. The van der Waals surface area contributed by atoms with Crippen molar-refractivity contribution in [1.29, 1.82) is 0 Å². The monoisotopic (exact) mass is 436 g/mol. The molecule has 3 rings (SSSR count). The van der Waals surface area contributed by atoms with Crippen LogP contribution >= 0.6 is 15.9 Å². The topological polar surface area (TPSA) is 117 Å². The molecule has 0 saturated carbocycles. The number of para-hydroxylation sites is 1. The molecule has 0 aliphatic heterocycles. The summed E-state index contributed by atoms with van der Waals surface area (Å²) in [4.78, 5) is 15.3. The fourth-order valence-corrected chi connectivity index (χ4v) is 4.14. The second kappa shape index (κ2) is 7.58. The molecule has 0 aliphatic carbocycles. The Morgan fingerprint density at radius 3 is 2.54 bits per heavy atom. The average molecular weight is 437 g/mol. The summed E-state index contributed by atoms with van der Waals surface area (Å²) in [6.45, 7) is 0. The highest BCUT2D eigenvalue weighted by atomic mass is 79.9. The number of hydrogen-bond acceptors (Lipinski definition) is 4. The van der Waals surface area contributed by atoms with E-state index in [0.29, 0.717) is 0 Å². The lowest BCUT2D eigenvalue weighted by molar-refractivity contribution is -0.122. The molecule has 1 atom stereocenters. The molecule has 2 aromatic carbocycles.